The number of amides is 1. The van der Waals surface area contributed by atoms with E-state index < -0.39 is 18.1 Å². The zero-order chi connectivity index (χ0) is 24.4. The molecule has 1 N–H and O–H groups in total. The average Bonchev–Trinajstić information content (AvgIpc) is 3.49. The maximum atomic E-state index is 13.3. The lowest BCUT2D eigenvalue weighted by atomic mass is 10.0. The van der Waals surface area contributed by atoms with Gasteiger partial charge < -0.3 is 14.5 Å². The van der Waals surface area contributed by atoms with Gasteiger partial charge in [-0.25, -0.2) is 9.07 Å². The fraction of sp³-hybridized carbons (Fsp3) is 0.154. The van der Waals surface area contributed by atoms with Crippen molar-refractivity contribution in [3.05, 3.63) is 102 Å². The van der Waals surface area contributed by atoms with Gasteiger partial charge in [0.1, 0.15) is 17.7 Å². The number of aromatic nitrogens is 4. The quantitative estimate of drug-likeness (QED) is 0.367. The van der Waals surface area contributed by atoms with Crippen molar-refractivity contribution in [1.82, 2.24) is 25.3 Å². The Morgan fingerprint density at radius 2 is 1.83 bits per heavy atom. The molecule has 9 heteroatoms. The summed E-state index contributed by atoms with van der Waals surface area (Å²) in [7, 11) is 0. The van der Waals surface area contributed by atoms with Gasteiger partial charge in [-0.3, -0.25) is 4.79 Å². The maximum absolute atomic E-state index is 13.3. The van der Waals surface area contributed by atoms with Crippen LogP contribution in [0.5, 0.6) is 5.75 Å². The van der Waals surface area contributed by atoms with E-state index in [1.54, 1.807) is 29.9 Å². The van der Waals surface area contributed by atoms with Gasteiger partial charge in [0.25, 0.3) is 0 Å². The number of benzene rings is 3. The number of nitrogens with one attached hydrogen (secondary N) is 1. The van der Waals surface area contributed by atoms with Crippen molar-refractivity contribution in [3.8, 4) is 11.4 Å². The van der Waals surface area contributed by atoms with Crippen LogP contribution in [0.4, 0.5) is 4.39 Å². The number of hydrogen-bond acceptors (Lipinski definition) is 6. The fourth-order valence-corrected chi connectivity index (χ4v) is 3.85. The third kappa shape index (κ3) is 4.74. The van der Waals surface area contributed by atoms with Crippen LogP contribution >= 0.6 is 0 Å². The summed E-state index contributed by atoms with van der Waals surface area (Å²) >= 11 is 0. The zero-order valence-corrected chi connectivity index (χ0v) is 19.1. The second-order valence-electron chi connectivity index (χ2n) is 8.09. The summed E-state index contributed by atoms with van der Waals surface area (Å²) in [6.07, 6.45) is 1.24. The summed E-state index contributed by atoms with van der Waals surface area (Å²) < 4.78 is 26.7. The maximum Gasteiger partial charge on any atom is 0.309 e. The summed E-state index contributed by atoms with van der Waals surface area (Å²) in [4.78, 5) is 12.6. The summed E-state index contributed by atoms with van der Waals surface area (Å²) in [5, 5.41) is 15.7. The van der Waals surface area contributed by atoms with E-state index in [1.165, 1.54) is 12.1 Å². The van der Waals surface area contributed by atoms with Gasteiger partial charge in [0.2, 0.25) is 5.89 Å². The Labute approximate surface area is 200 Å². The molecule has 3 aromatic carbocycles. The molecule has 0 aliphatic carbocycles. The first kappa shape index (κ1) is 22.3. The zero-order valence-electron chi connectivity index (χ0n) is 19.1. The van der Waals surface area contributed by atoms with E-state index in [9.17, 15) is 9.18 Å². The Hall–Kier alpha value is -4.53. The molecule has 2 heterocycles. The average molecular weight is 471 g/mol. The van der Waals surface area contributed by atoms with Crippen LogP contribution in [0.1, 0.15) is 35.2 Å². The van der Waals surface area contributed by atoms with Crippen LogP contribution in [0.15, 0.2) is 83.4 Å². The molecule has 8 nitrogen and oxygen atoms in total. The van der Waals surface area contributed by atoms with Crippen LogP contribution in [-0.2, 0) is 0 Å². The van der Waals surface area contributed by atoms with Crippen LogP contribution in [-0.4, -0.2) is 31.9 Å². The predicted molar refractivity (Wildman–Crippen MR) is 127 cm³/mol. The van der Waals surface area contributed by atoms with Crippen LogP contribution in [0.3, 0.4) is 0 Å². The lowest BCUT2D eigenvalue weighted by Gasteiger charge is -2.26. The SMILES string of the molecule is Cc1nnc(C(=O)N[C@@H](C)[C@H](Oc2ccc3c(cnn3-c3ccc(F)cc3)c2)c2ccccc2)o1. The van der Waals surface area contributed by atoms with Gasteiger partial charge in [0, 0.05) is 12.3 Å². The lowest BCUT2D eigenvalue weighted by molar-refractivity contribution is 0.0846. The van der Waals surface area contributed by atoms with Crippen molar-refractivity contribution >= 4 is 16.8 Å². The molecule has 0 aliphatic heterocycles. The largest absolute Gasteiger partial charge is 0.484 e. The molecule has 0 saturated heterocycles. The van der Waals surface area contributed by atoms with E-state index in [4.69, 9.17) is 9.15 Å². The molecular weight excluding hydrogens is 449 g/mol. The van der Waals surface area contributed by atoms with Crippen molar-refractivity contribution in [2.75, 3.05) is 0 Å². The van der Waals surface area contributed by atoms with Crippen molar-refractivity contribution < 1.29 is 18.3 Å². The van der Waals surface area contributed by atoms with Crippen molar-refractivity contribution in [2.24, 2.45) is 0 Å². The van der Waals surface area contributed by atoms with Gasteiger partial charge in [-0.1, -0.05) is 30.3 Å². The number of aryl methyl sites for hydroxylation is 1. The molecule has 35 heavy (non-hydrogen) atoms. The molecule has 1 amide bonds. The van der Waals surface area contributed by atoms with E-state index >= 15 is 0 Å². The van der Waals surface area contributed by atoms with Gasteiger partial charge in [-0.2, -0.15) is 5.10 Å². The Morgan fingerprint density at radius 3 is 2.54 bits per heavy atom. The highest BCUT2D eigenvalue weighted by Gasteiger charge is 2.25. The molecule has 0 fully saturated rings. The van der Waals surface area contributed by atoms with Crippen molar-refractivity contribution in [3.63, 3.8) is 0 Å². The molecule has 0 aliphatic rings. The Balaban J connectivity index is 1.41. The molecule has 0 bridgehead atoms. The predicted octanol–water partition coefficient (Wildman–Crippen LogP) is 4.79. The Bertz CT molecular complexity index is 1460. The number of ether oxygens (including phenoxy) is 1. The first-order valence-electron chi connectivity index (χ1n) is 11.0. The molecule has 5 aromatic rings. The molecule has 0 unspecified atom stereocenters. The summed E-state index contributed by atoms with van der Waals surface area (Å²) in [6, 6.07) is 21.0. The highest BCUT2D eigenvalue weighted by molar-refractivity contribution is 5.89. The minimum absolute atomic E-state index is 0.101. The fourth-order valence-electron chi connectivity index (χ4n) is 3.85. The highest BCUT2D eigenvalue weighted by atomic mass is 19.1. The smallest absolute Gasteiger partial charge is 0.309 e. The molecule has 2 aromatic heterocycles. The summed E-state index contributed by atoms with van der Waals surface area (Å²) in [6.45, 7) is 3.47. The first-order valence-corrected chi connectivity index (χ1v) is 11.0. The van der Waals surface area contributed by atoms with Gasteiger partial charge in [-0.05, 0) is 55.0 Å². The number of fused-ring (bicyclic) bond motifs is 1. The van der Waals surface area contributed by atoms with Gasteiger partial charge in [-0.15, -0.1) is 10.2 Å². The number of halogens is 1. The van der Waals surface area contributed by atoms with Crippen molar-refractivity contribution in [1.29, 1.82) is 0 Å². The van der Waals surface area contributed by atoms with Gasteiger partial charge in [0.05, 0.1) is 23.4 Å². The molecule has 0 spiro atoms. The third-order valence-electron chi connectivity index (χ3n) is 5.53. The number of hydrogen-bond donors (Lipinski definition) is 1. The van der Waals surface area contributed by atoms with Crippen LogP contribution in [0.25, 0.3) is 16.6 Å². The summed E-state index contributed by atoms with van der Waals surface area (Å²) in [5.74, 6) is 0.0469. The number of carbonyl (C=O) groups is 1. The molecule has 5 rings (SSSR count). The van der Waals surface area contributed by atoms with Crippen LogP contribution in [0, 0.1) is 12.7 Å². The number of nitrogens with zero attached hydrogens (tertiary/aromatic N) is 4. The molecule has 0 saturated carbocycles. The molecular formula is C26H22FN5O3. The minimum Gasteiger partial charge on any atom is -0.484 e. The number of rotatable bonds is 7. The highest BCUT2D eigenvalue weighted by Crippen LogP contribution is 2.29. The third-order valence-corrected chi connectivity index (χ3v) is 5.53. The van der Waals surface area contributed by atoms with Crippen molar-refractivity contribution in [2.45, 2.75) is 26.0 Å². The molecule has 0 radical (unpaired) electrons. The first-order chi connectivity index (χ1) is 17.0. The van der Waals surface area contributed by atoms with E-state index in [2.05, 4.69) is 20.6 Å². The van der Waals surface area contributed by atoms with E-state index in [-0.39, 0.29) is 11.7 Å². The summed E-state index contributed by atoms with van der Waals surface area (Å²) in [5.41, 5.74) is 2.50. The lowest BCUT2D eigenvalue weighted by Crippen LogP contribution is -2.39. The Morgan fingerprint density at radius 1 is 1.06 bits per heavy atom. The van der Waals surface area contributed by atoms with Gasteiger partial charge in [0.15, 0.2) is 0 Å². The second kappa shape index (κ2) is 9.38. The molecule has 2 atom stereocenters. The van der Waals surface area contributed by atoms with Gasteiger partial charge >= 0.3 is 11.8 Å². The van der Waals surface area contributed by atoms with E-state index in [0.29, 0.717) is 11.6 Å². The molecule has 176 valence electrons. The number of carbonyl (C=O) groups excluding carboxylic acids is 1. The standard InChI is InChI=1S/C26H22FN5O3/c1-16(29-25(33)26-31-30-17(2)34-26)24(18-6-4-3-5-7-18)35-22-12-13-23-19(14-22)15-28-32(23)21-10-8-20(27)9-11-21/h3-16,24H,1-2H3,(H,29,33)/t16-,24-/m0/s1. The van der Waals surface area contributed by atoms with Crippen LogP contribution < -0.4 is 10.1 Å². The normalized spacial score (nSPS) is 12.9. The Kier molecular flexibility index (Phi) is 5.97. The second-order valence-corrected chi connectivity index (χ2v) is 8.09. The van der Waals surface area contributed by atoms with E-state index in [1.807, 2.05) is 55.5 Å². The topological polar surface area (TPSA) is 95.1 Å². The van der Waals surface area contributed by atoms with Crippen LogP contribution in [0.2, 0.25) is 0 Å². The van der Waals surface area contributed by atoms with E-state index in [0.717, 1.165) is 22.2 Å². The monoisotopic (exact) mass is 471 g/mol. The minimum atomic E-state index is -0.492.